The van der Waals surface area contributed by atoms with E-state index in [0.29, 0.717) is 12.5 Å². The van der Waals surface area contributed by atoms with Crippen molar-refractivity contribution in [2.45, 2.75) is 39.8 Å². The smallest absolute Gasteiger partial charge is 0.0301 e. The molecule has 2 nitrogen and oxygen atoms in total. The number of nitrogens with two attached hydrogens (primary N) is 1. The molecule has 0 aromatic heterocycles. The van der Waals surface area contributed by atoms with Crippen molar-refractivity contribution in [1.29, 1.82) is 0 Å². The number of rotatable bonds is 5. The summed E-state index contributed by atoms with van der Waals surface area (Å²) in [6, 6.07) is 6.38. The lowest BCUT2D eigenvalue weighted by atomic mass is 9.88. The topological polar surface area (TPSA) is 38.0 Å². The molecule has 17 heavy (non-hydrogen) atoms. The van der Waals surface area contributed by atoms with E-state index in [-0.39, 0.29) is 5.54 Å². The molecule has 1 aromatic carbocycles. The van der Waals surface area contributed by atoms with Crippen LogP contribution in [0.1, 0.15) is 31.9 Å². The number of hydrogen-bond donors (Lipinski definition) is 2. The normalized spacial score (nSPS) is 15.0. The maximum absolute atomic E-state index is 5.86. The van der Waals surface area contributed by atoms with Crippen molar-refractivity contribution >= 4 is 15.9 Å². The van der Waals surface area contributed by atoms with Crippen molar-refractivity contribution in [3.8, 4) is 0 Å². The number of hydrogen-bond acceptors (Lipinski definition) is 2. The lowest BCUT2D eigenvalue weighted by Gasteiger charge is -2.34. The molecule has 3 N–H and O–H groups in total. The zero-order chi connectivity index (χ0) is 13.1. The molecule has 0 saturated heterocycles. The Kier molecular flexibility index (Phi) is 5.17. The van der Waals surface area contributed by atoms with Gasteiger partial charge in [0.2, 0.25) is 0 Å². The highest BCUT2D eigenvalue weighted by molar-refractivity contribution is 9.10. The summed E-state index contributed by atoms with van der Waals surface area (Å²) in [5.74, 6) is 0.517. The minimum atomic E-state index is -0.000483. The molecule has 0 saturated carbocycles. The molecule has 0 bridgehead atoms. The third-order valence-electron chi connectivity index (χ3n) is 3.69. The fraction of sp³-hybridized carbons (Fsp3) is 0.571. The van der Waals surface area contributed by atoms with Gasteiger partial charge in [-0.1, -0.05) is 35.8 Å². The average Bonchev–Trinajstić information content (AvgIpc) is 2.27. The molecule has 96 valence electrons. The lowest BCUT2D eigenvalue weighted by Crippen LogP contribution is -2.52. The summed E-state index contributed by atoms with van der Waals surface area (Å²) < 4.78 is 1.13. The molecule has 0 aliphatic heterocycles. The molecular weight excluding hydrogens is 276 g/mol. The maximum Gasteiger partial charge on any atom is 0.0301 e. The van der Waals surface area contributed by atoms with E-state index in [4.69, 9.17) is 5.73 Å². The Morgan fingerprint density at radius 2 is 2.06 bits per heavy atom. The van der Waals surface area contributed by atoms with Gasteiger partial charge in [-0.3, -0.25) is 0 Å². The van der Waals surface area contributed by atoms with Gasteiger partial charge in [-0.25, -0.2) is 0 Å². The van der Waals surface area contributed by atoms with Crippen LogP contribution in [0.3, 0.4) is 0 Å². The Bertz CT molecular complexity index is 376. The first-order valence-electron chi connectivity index (χ1n) is 6.09. The van der Waals surface area contributed by atoms with Crippen LogP contribution in [0.4, 0.5) is 0 Å². The predicted molar refractivity (Wildman–Crippen MR) is 78.0 cm³/mol. The van der Waals surface area contributed by atoms with Crippen LogP contribution in [0.2, 0.25) is 0 Å². The summed E-state index contributed by atoms with van der Waals surface area (Å²) in [7, 11) is 0. The van der Waals surface area contributed by atoms with Gasteiger partial charge in [-0.05, 0) is 43.0 Å². The van der Waals surface area contributed by atoms with Crippen molar-refractivity contribution in [2.24, 2.45) is 11.7 Å². The molecule has 0 fully saturated rings. The summed E-state index contributed by atoms with van der Waals surface area (Å²) in [5.41, 5.74) is 8.49. The molecule has 0 amide bonds. The predicted octanol–water partition coefficient (Wildman–Crippen LogP) is 3.22. The third-order valence-corrected chi connectivity index (χ3v) is 4.18. The fourth-order valence-corrected chi connectivity index (χ4v) is 2.14. The van der Waals surface area contributed by atoms with Gasteiger partial charge >= 0.3 is 0 Å². The van der Waals surface area contributed by atoms with Crippen molar-refractivity contribution in [3.63, 3.8) is 0 Å². The molecule has 0 spiro atoms. The number of benzene rings is 1. The highest BCUT2D eigenvalue weighted by atomic mass is 79.9. The third kappa shape index (κ3) is 3.80. The number of nitrogens with one attached hydrogen (secondary N) is 1. The first-order chi connectivity index (χ1) is 7.89. The standard InChI is InChI=1S/C14H23BrN2/c1-10(2)14(4,9-16)17-8-12-5-6-13(15)7-11(12)3/h5-7,10,17H,8-9,16H2,1-4H3. The average molecular weight is 299 g/mol. The van der Waals surface area contributed by atoms with Crippen LogP contribution in [0.25, 0.3) is 0 Å². The molecule has 1 rings (SSSR count). The van der Waals surface area contributed by atoms with Crippen LogP contribution in [0.5, 0.6) is 0 Å². The molecule has 3 heteroatoms. The van der Waals surface area contributed by atoms with Crippen molar-refractivity contribution in [1.82, 2.24) is 5.32 Å². The molecule has 0 aliphatic carbocycles. The van der Waals surface area contributed by atoms with Gasteiger partial charge in [0.05, 0.1) is 0 Å². The summed E-state index contributed by atoms with van der Waals surface area (Å²) >= 11 is 3.48. The lowest BCUT2D eigenvalue weighted by molar-refractivity contribution is 0.267. The summed E-state index contributed by atoms with van der Waals surface area (Å²) in [6.45, 7) is 10.2. The van der Waals surface area contributed by atoms with E-state index in [2.05, 4.69) is 67.1 Å². The molecule has 1 aromatic rings. The summed E-state index contributed by atoms with van der Waals surface area (Å²) in [6.07, 6.45) is 0. The molecule has 1 unspecified atom stereocenters. The van der Waals surface area contributed by atoms with E-state index < -0.39 is 0 Å². The van der Waals surface area contributed by atoms with Gasteiger partial charge in [0.1, 0.15) is 0 Å². The van der Waals surface area contributed by atoms with E-state index >= 15 is 0 Å². The van der Waals surface area contributed by atoms with Crippen LogP contribution < -0.4 is 11.1 Å². The van der Waals surface area contributed by atoms with E-state index in [1.807, 2.05) is 0 Å². The van der Waals surface area contributed by atoms with Gasteiger partial charge < -0.3 is 11.1 Å². The van der Waals surface area contributed by atoms with Gasteiger partial charge in [0.15, 0.2) is 0 Å². The Morgan fingerprint density at radius 1 is 1.41 bits per heavy atom. The van der Waals surface area contributed by atoms with Gasteiger partial charge in [-0.15, -0.1) is 0 Å². The van der Waals surface area contributed by atoms with Crippen molar-refractivity contribution in [3.05, 3.63) is 33.8 Å². The maximum atomic E-state index is 5.86. The minimum absolute atomic E-state index is 0.000483. The van der Waals surface area contributed by atoms with Gasteiger partial charge in [0.25, 0.3) is 0 Å². The molecule has 0 heterocycles. The number of halogens is 1. The Labute approximate surface area is 113 Å². The second kappa shape index (κ2) is 5.98. The highest BCUT2D eigenvalue weighted by Gasteiger charge is 2.25. The van der Waals surface area contributed by atoms with E-state index in [1.165, 1.54) is 11.1 Å². The monoisotopic (exact) mass is 298 g/mol. The van der Waals surface area contributed by atoms with E-state index in [1.54, 1.807) is 0 Å². The summed E-state index contributed by atoms with van der Waals surface area (Å²) in [4.78, 5) is 0. The Balaban J connectivity index is 2.73. The van der Waals surface area contributed by atoms with Gasteiger partial charge in [-0.2, -0.15) is 0 Å². The van der Waals surface area contributed by atoms with Crippen LogP contribution in [0, 0.1) is 12.8 Å². The Morgan fingerprint density at radius 3 is 2.53 bits per heavy atom. The van der Waals surface area contributed by atoms with E-state index in [9.17, 15) is 0 Å². The first-order valence-corrected chi connectivity index (χ1v) is 6.88. The van der Waals surface area contributed by atoms with Gasteiger partial charge in [0, 0.05) is 23.1 Å². The van der Waals surface area contributed by atoms with Crippen molar-refractivity contribution < 1.29 is 0 Å². The second-order valence-corrected chi connectivity index (χ2v) is 6.12. The second-order valence-electron chi connectivity index (χ2n) is 5.20. The SMILES string of the molecule is Cc1cc(Br)ccc1CNC(C)(CN)C(C)C. The molecule has 1 atom stereocenters. The molecule has 0 aliphatic rings. The summed E-state index contributed by atoms with van der Waals surface area (Å²) in [5, 5.41) is 3.58. The largest absolute Gasteiger partial charge is 0.329 e. The first kappa shape index (κ1) is 14.7. The highest BCUT2D eigenvalue weighted by Crippen LogP contribution is 2.19. The van der Waals surface area contributed by atoms with Crippen LogP contribution in [-0.4, -0.2) is 12.1 Å². The quantitative estimate of drug-likeness (QED) is 0.876. The minimum Gasteiger partial charge on any atom is -0.329 e. The van der Waals surface area contributed by atoms with Crippen molar-refractivity contribution in [2.75, 3.05) is 6.54 Å². The zero-order valence-corrected chi connectivity index (χ0v) is 12.8. The van der Waals surface area contributed by atoms with Crippen LogP contribution in [-0.2, 0) is 6.54 Å². The Hall–Kier alpha value is -0.380. The van der Waals surface area contributed by atoms with Crippen LogP contribution in [0.15, 0.2) is 22.7 Å². The fourth-order valence-electron chi connectivity index (χ4n) is 1.67. The van der Waals surface area contributed by atoms with Crippen LogP contribution >= 0.6 is 15.9 Å². The number of aryl methyl sites for hydroxylation is 1. The zero-order valence-electron chi connectivity index (χ0n) is 11.2. The molecular formula is C14H23BrN2. The molecule has 0 radical (unpaired) electrons. The van der Waals surface area contributed by atoms with E-state index in [0.717, 1.165) is 11.0 Å².